The molecule has 636 valence electrons. The van der Waals surface area contributed by atoms with Gasteiger partial charge in [0.1, 0.15) is 48.2 Å². The van der Waals surface area contributed by atoms with Gasteiger partial charge in [0.15, 0.2) is 106 Å². The maximum atomic E-state index is 13.8. The number of aryl methyl sites for hydroxylation is 2. The topological polar surface area (TPSA) is 55.4 Å². The summed E-state index contributed by atoms with van der Waals surface area (Å²) in [6, 6.07) is 122. The molecular formula is C104H92F9NO3S8+6. The second-order valence-corrected chi connectivity index (χ2v) is 45.6. The Balaban J connectivity index is 0.000000129. The summed E-state index contributed by atoms with van der Waals surface area (Å²) < 4.78 is 152. The van der Waals surface area contributed by atoms with Crippen LogP contribution in [-0.4, -0.2) is 32.1 Å². The van der Waals surface area contributed by atoms with Crippen molar-refractivity contribution >= 4 is 98.3 Å². The van der Waals surface area contributed by atoms with E-state index in [-0.39, 0.29) is 53.3 Å². The van der Waals surface area contributed by atoms with Crippen LogP contribution in [0, 0.1) is 13.8 Å². The van der Waals surface area contributed by atoms with Crippen LogP contribution >= 0.6 is 11.8 Å². The lowest BCUT2D eigenvalue weighted by molar-refractivity contribution is -0.0379. The number of ether oxygens (including phenoxy) is 1. The van der Waals surface area contributed by atoms with Crippen molar-refractivity contribution in [2.75, 3.05) is 12.4 Å². The number of benzene rings is 15. The third-order valence-corrected chi connectivity index (χ3v) is 36.3. The van der Waals surface area contributed by atoms with Gasteiger partial charge in [-0.15, -0.1) is 39.5 Å². The van der Waals surface area contributed by atoms with Gasteiger partial charge in [-0.2, -0.15) is 0 Å². The molecule has 1 N–H and O–H groups in total. The number of methoxy groups -OCH3 is 1. The fourth-order valence-corrected chi connectivity index (χ4v) is 30.0. The quantitative estimate of drug-likeness (QED) is 0.109. The lowest BCUT2D eigenvalue weighted by Crippen LogP contribution is -2.24. The van der Waals surface area contributed by atoms with Crippen LogP contribution in [0.5, 0.6) is 5.75 Å². The van der Waals surface area contributed by atoms with E-state index in [0.717, 1.165) is 25.8 Å². The van der Waals surface area contributed by atoms with E-state index < -0.39 is 59.0 Å². The van der Waals surface area contributed by atoms with Gasteiger partial charge in [0.05, 0.1) is 28.3 Å². The Labute approximate surface area is 749 Å². The Morgan fingerprint density at radius 3 is 0.856 bits per heavy atom. The first-order valence-corrected chi connectivity index (χ1v) is 49.5. The summed E-state index contributed by atoms with van der Waals surface area (Å²) in [5.74, 6) is 0.637. The van der Waals surface area contributed by atoms with Crippen LogP contribution in [-0.2, 0) is 86.0 Å². The minimum Gasteiger partial charge on any atom is -0.496 e. The SMILES string of the molecule is CC(C)(C)c1ccc([S+](c2ccc(C(C)(C)C)cc2)C(F)(F)F)cc1.COc1c(C)cc([S+](c2ccccc2)C(F)(F)F)cc1C.FC(F)(F)[S+](c1ccccc1)c1ccccc1.O=S1(=O)c2ccccc2[S+](c2ccccc2)c2ccccc21.c1ccc([S+]2c3ccccc3Nc3ccccc32)cc1.c1ccc([S+]2c3ccccc3Sc3ccccc32)cc1. The molecule has 1 atom stereocenters. The predicted molar refractivity (Wildman–Crippen MR) is 499 cm³/mol. The summed E-state index contributed by atoms with van der Waals surface area (Å²) >= 11 is 1.89. The fraction of sp³-hybridized carbons (Fsp3) is 0.135. The Kier molecular flexibility index (Phi) is 29.9. The second-order valence-electron chi connectivity index (χ2n) is 30.7. The molecule has 3 heterocycles. The van der Waals surface area contributed by atoms with Gasteiger partial charge >= 0.3 is 16.5 Å². The molecule has 0 fully saturated rings. The highest BCUT2D eigenvalue weighted by Crippen LogP contribution is 2.51. The van der Waals surface area contributed by atoms with Gasteiger partial charge in [0.25, 0.3) is 0 Å². The molecule has 21 heteroatoms. The van der Waals surface area contributed by atoms with E-state index in [0.29, 0.717) is 46.2 Å². The molecule has 0 saturated carbocycles. The summed E-state index contributed by atoms with van der Waals surface area (Å²) in [5, 5.41) is 3.55. The molecule has 18 rings (SSSR count). The number of para-hydroxylation sites is 2. The van der Waals surface area contributed by atoms with E-state index in [4.69, 9.17) is 4.74 Å². The molecule has 0 aromatic heterocycles. The van der Waals surface area contributed by atoms with E-state index in [1.54, 1.807) is 129 Å². The molecule has 0 radical (unpaired) electrons. The highest BCUT2D eigenvalue weighted by Gasteiger charge is 2.57. The molecule has 0 saturated heterocycles. The third kappa shape index (κ3) is 22.4. The van der Waals surface area contributed by atoms with Crippen molar-refractivity contribution in [1.82, 2.24) is 0 Å². The van der Waals surface area contributed by atoms with Crippen molar-refractivity contribution in [3.63, 3.8) is 0 Å². The van der Waals surface area contributed by atoms with Crippen LogP contribution in [0.25, 0.3) is 0 Å². The molecule has 0 aliphatic carbocycles. The van der Waals surface area contributed by atoms with Crippen LogP contribution in [0.1, 0.15) is 63.8 Å². The first-order valence-electron chi connectivity index (χ1n) is 39.9. The molecule has 0 amide bonds. The zero-order valence-electron chi connectivity index (χ0n) is 69.8. The van der Waals surface area contributed by atoms with Gasteiger partial charge in [-0.1, -0.05) is 260 Å². The molecule has 3 aliphatic heterocycles. The molecule has 0 bridgehead atoms. The molecule has 15 aromatic rings. The smallest absolute Gasteiger partial charge is 0.496 e. The highest BCUT2D eigenvalue weighted by molar-refractivity contribution is 8.04. The average molecular weight is 1830 g/mol. The van der Waals surface area contributed by atoms with Crippen molar-refractivity contribution in [3.8, 4) is 5.75 Å². The monoisotopic (exact) mass is 1830 g/mol. The van der Waals surface area contributed by atoms with E-state index in [1.165, 1.54) is 94.0 Å². The molecular weight excluding hydrogens is 1740 g/mol. The summed E-state index contributed by atoms with van der Waals surface area (Å²) in [6.07, 6.45) is 0. The van der Waals surface area contributed by atoms with Crippen LogP contribution in [0.4, 0.5) is 50.9 Å². The van der Waals surface area contributed by atoms with Crippen molar-refractivity contribution in [1.29, 1.82) is 0 Å². The summed E-state index contributed by atoms with van der Waals surface area (Å²) in [7, 11) is -8.06. The summed E-state index contributed by atoms with van der Waals surface area (Å²) in [5.41, 5.74) is -7.08. The average Bonchev–Trinajstić information content (AvgIpc) is 0.728. The van der Waals surface area contributed by atoms with Crippen molar-refractivity contribution in [2.45, 2.75) is 176 Å². The number of fused-ring (bicyclic) bond motifs is 6. The fourth-order valence-electron chi connectivity index (χ4n) is 14.2. The zero-order chi connectivity index (χ0) is 88.9. The molecule has 0 spiro atoms. The van der Waals surface area contributed by atoms with Crippen LogP contribution in [0.3, 0.4) is 0 Å². The number of sulfone groups is 1. The van der Waals surface area contributed by atoms with E-state index in [1.807, 2.05) is 78.5 Å². The Bertz CT molecular complexity index is 5810. The maximum Gasteiger partial charge on any atom is 0.586 e. The second kappa shape index (κ2) is 40.5. The molecule has 125 heavy (non-hydrogen) atoms. The van der Waals surface area contributed by atoms with E-state index in [2.05, 4.69) is 217 Å². The molecule has 3 aliphatic rings. The van der Waals surface area contributed by atoms with Crippen molar-refractivity contribution in [3.05, 3.63) is 411 Å². The van der Waals surface area contributed by atoms with Gasteiger partial charge < -0.3 is 10.1 Å². The van der Waals surface area contributed by atoms with Crippen LogP contribution in [0.2, 0.25) is 0 Å². The van der Waals surface area contributed by atoms with Crippen molar-refractivity contribution in [2.24, 2.45) is 0 Å². The van der Waals surface area contributed by atoms with Gasteiger partial charge in [-0.25, -0.2) is 8.42 Å². The number of rotatable bonds is 10. The Hall–Kier alpha value is -10.3. The number of alkyl halides is 9. The van der Waals surface area contributed by atoms with E-state index in [9.17, 15) is 47.9 Å². The standard InChI is InChI=1S/C21H26F3S.C18H14NS.C18H13O2S2.C18H13S2.C16H16F3OS.C13H10F3S/c1-19(2,3)15-7-11-17(12-8-15)25(21(22,23)24)18-13-9-16(10-14-18)20(4,5)6;1-2-8-14(9-3-1)20-17-12-6-4-10-15(17)19-16-11-5-7-13-18(16)20;19-22(20)17-12-6-4-10-15(17)21(14-8-2-1-3-9-14)16-11-5-7-13-18(16)22;1-2-8-14(9-3-1)20-17-12-6-4-10-15(17)19-16-11-5-7-13-18(16)20;1-11-9-14(10-12(2)15(11)20-3)21(16(17,18)19)13-7-5-4-6-8-13;14-13(15,16)17(11-7-3-1-4-8-11)12-9-5-2-6-10-12/h7-14H,1-6H3;1-13,19H;1-13H;1-13H;4-10H,1-3H3;1-10H/q6*+1. The zero-order valence-corrected chi connectivity index (χ0v) is 76.4. The number of hydrogen-bond donors (Lipinski definition) is 1. The van der Waals surface area contributed by atoms with Gasteiger partial charge in [-0.3, -0.25) is 0 Å². The van der Waals surface area contributed by atoms with Gasteiger partial charge in [0.2, 0.25) is 9.84 Å². The van der Waals surface area contributed by atoms with Gasteiger partial charge in [0, 0.05) is 12.1 Å². The summed E-state index contributed by atoms with van der Waals surface area (Å²) in [4.78, 5) is 16.7. The van der Waals surface area contributed by atoms with Crippen LogP contribution < -0.4 is 10.1 Å². The molecule has 1 unspecified atom stereocenters. The first kappa shape index (κ1) is 92.3. The lowest BCUT2D eigenvalue weighted by Gasteiger charge is -2.20. The minimum absolute atomic E-state index is 0.0204. The Morgan fingerprint density at radius 1 is 0.296 bits per heavy atom. The van der Waals surface area contributed by atoms with Crippen LogP contribution in [0.15, 0.2) is 481 Å². The van der Waals surface area contributed by atoms with Gasteiger partial charge in [-0.05, 0) is 217 Å². The van der Waals surface area contributed by atoms with Crippen molar-refractivity contribution < 1.29 is 52.7 Å². The normalized spacial score (nSPS) is 13.5. The highest BCUT2D eigenvalue weighted by atomic mass is 32.2. The molecule has 15 aromatic carbocycles. The number of nitrogens with one attached hydrogen (secondary N) is 1. The largest absolute Gasteiger partial charge is 0.586 e. The number of halogens is 9. The first-order chi connectivity index (χ1) is 59.8. The number of hydrogen-bond acceptors (Lipinski definition) is 5. The van der Waals surface area contributed by atoms with E-state index >= 15 is 0 Å². The number of anilines is 2. The summed E-state index contributed by atoms with van der Waals surface area (Å²) in [6.45, 7) is 15.8. The predicted octanol–water partition coefficient (Wildman–Crippen LogP) is 30.0. The Morgan fingerprint density at radius 2 is 0.544 bits per heavy atom. The third-order valence-electron chi connectivity index (χ3n) is 19.9. The molecule has 4 nitrogen and oxygen atoms in total. The lowest BCUT2D eigenvalue weighted by atomic mass is 9.87. The maximum absolute atomic E-state index is 13.8. The minimum atomic E-state index is -4.31.